The van der Waals surface area contributed by atoms with E-state index in [9.17, 15) is 9.59 Å². The lowest BCUT2D eigenvalue weighted by molar-refractivity contribution is 0.0509. The smallest absolute Gasteiger partial charge is 0.407 e. The summed E-state index contributed by atoms with van der Waals surface area (Å²) in [6.07, 6.45) is 0.335. The van der Waals surface area contributed by atoms with Gasteiger partial charge in [-0.05, 0) is 27.2 Å². The molecule has 1 aliphatic heterocycles. The van der Waals surface area contributed by atoms with Gasteiger partial charge >= 0.3 is 6.09 Å². The van der Waals surface area contributed by atoms with Crippen molar-refractivity contribution in [1.29, 1.82) is 0 Å². The van der Waals surface area contributed by atoms with Gasteiger partial charge in [-0.15, -0.1) is 0 Å². The number of nitrogens with zero attached hydrogens (tertiary/aromatic N) is 2. The van der Waals surface area contributed by atoms with Crippen molar-refractivity contribution in [2.24, 2.45) is 0 Å². The summed E-state index contributed by atoms with van der Waals surface area (Å²) in [6, 6.07) is 11.0. The maximum absolute atomic E-state index is 12.0. The summed E-state index contributed by atoms with van der Waals surface area (Å²) in [6.45, 7) is 6.76. The van der Waals surface area contributed by atoms with Gasteiger partial charge in [0.2, 0.25) is 5.95 Å². The van der Waals surface area contributed by atoms with Gasteiger partial charge in [0.1, 0.15) is 5.60 Å². The highest BCUT2D eigenvalue weighted by atomic mass is 16.6. The van der Waals surface area contributed by atoms with Crippen molar-refractivity contribution >= 4 is 12.0 Å². The van der Waals surface area contributed by atoms with Crippen LogP contribution in [0.5, 0.6) is 0 Å². The molecule has 1 atom stereocenters. The predicted molar refractivity (Wildman–Crippen MR) is 100 cm³/mol. The number of nitrogens with one attached hydrogen (secondary N) is 2. The standard InChI is InChI=1S/C19H24N4O3/c1-19(2,3)26-18(25)20-14-9-10-23(12-14)17-21-15(11-16(24)22-17)13-7-5-4-6-8-13/h4-8,11,14H,9-10,12H2,1-3H3,(H,20,25)(H,21,22,24). The second-order valence-electron chi connectivity index (χ2n) is 7.40. The molecule has 0 radical (unpaired) electrons. The van der Waals surface area contributed by atoms with Crippen molar-refractivity contribution in [2.45, 2.75) is 38.8 Å². The number of anilines is 1. The quantitative estimate of drug-likeness (QED) is 0.882. The fourth-order valence-electron chi connectivity index (χ4n) is 2.90. The van der Waals surface area contributed by atoms with E-state index in [0.29, 0.717) is 24.7 Å². The van der Waals surface area contributed by atoms with Gasteiger partial charge in [0.25, 0.3) is 5.56 Å². The van der Waals surface area contributed by atoms with Crippen LogP contribution in [0.3, 0.4) is 0 Å². The van der Waals surface area contributed by atoms with Crippen molar-refractivity contribution < 1.29 is 9.53 Å². The zero-order valence-electron chi connectivity index (χ0n) is 15.3. The second-order valence-corrected chi connectivity index (χ2v) is 7.40. The fraction of sp³-hybridized carbons (Fsp3) is 0.421. The first kappa shape index (κ1) is 18.0. The molecule has 3 rings (SSSR count). The molecule has 1 aliphatic rings. The monoisotopic (exact) mass is 356 g/mol. The van der Waals surface area contributed by atoms with Crippen LogP contribution in [0.1, 0.15) is 27.2 Å². The minimum Gasteiger partial charge on any atom is -0.444 e. The number of hydrogen-bond donors (Lipinski definition) is 2. The van der Waals surface area contributed by atoms with E-state index in [4.69, 9.17) is 4.74 Å². The highest BCUT2D eigenvalue weighted by Crippen LogP contribution is 2.20. The Labute approximate surface area is 152 Å². The number of H-pyrrole nitrogens is 1. The largest absolute Gasteiger partial charge is 0.444 e. The summed E-state index contributed by atoms with van der Waals surface area (Å²) in [5.74, 6) is 0.518. The molecular formula is C19H24N4O3. The number of rotatable bonds is 3. The highest BCUT2D eigenvalue weighted by Gasteiger charge is 2.27. The summed E-state index contributed by atoms with van der Waals surface area (Å²) in [7, 11) is 0. The molecule has 26 heavy (non-hydrogen) atoms. The molecule has 0 bridgehead atoms. The van der Waals surface area contributed by atoms with E-state index in [-0.39, 0.29) is 11.6 Å². The van der Waals surface area contributed by atoms with E-state index in [1.54, 1.807) is 0 Å². The van der Waals surface area contributed by atoms with Crippen molar-refractivity contribution in [3.63, 3.8) is 0 Å². The molecule has 1 aromatic carbocycles. The van der Waals surface area contributed by atoms with Crippen LogP contribution in [0.4, 0.5) is 10.7 Å². The Balaban J connectivity index is 1.70. The van der Waals surface area contributed by atoms with Gasteiger partial charge in [-0.3, -0.25) is 9.78 Å². The van der Waals surface area contributed by atoms with Crippen molar-refractivity contribution in [1.82, 2.24) is 15.3 Å². The normalized spacial score (nSPS) is 17.2. The molecule has 0 aliphatic carbocycles. The molecule has 7 nitrogen and oxygen atoms in total. The minimum absolute atomic E-state index is 0.0458. The van der Waals surface area contributed by atoms with Crippen molar-refractivity contribution in [3.05, 3.63) is 46.8 Å². The molecule has 0 spiro atoms. The average molecular weight is 356 g/mol. The summed E-state index contributed by atoms with van der Waals surface area (Å²) < 4.78 is 5.29. The number of aromatic nitrogens is 2. The van der Waals surface area contributed by atoms with Crippen LogP contribution in [0.25, 0.3) is 11.3 Å². The number of aromatic amines is 1. The van der Waals surface area contributed by atoms with Crippen LogP contribution in [0, 0.1) is 0 Å². The SMILES string of the molecule is CC(C)(C)OC(=O)NC1CCN(c2nc(-c3ccccc3)cc(=O)[nH]2)C1. The van der Waals surface area contributed by atoms with E-state index >= 15 is 0 Å². The molecule has 7 heteroatoms. The summed E-state index contributed by atoms with van der Waals surface area (Å²) >= 11 is 0. The van der Waals surface area contributed by atoms with Gasteiger partial charge in [0.15, 0.2) is 0 Å². The second kappa shape index (κ2) is 7.19. The van der Waals surface area contributed by atoms with E-state index in [0.717, 1.165) is 12.0 Å². The number of benzene rings is 1. The summed E-state index contributed by atoms with van der Waals surface area (Å²) in [5.41, 5.74) is 0.798. The Morgan fingerprint density at radius 2 is 2.04 bits per heavy atom. The number of carbonyl (C=O) groups is 1. The molecule has 2 aromatic rings. The molecule has 1 unspecified atom stereocenters. The molecule has 1 fully saturated rings. The van der Waals surface area contributed by atoms with E-state index in [1.807, 2.05) is 56.0 Å². The van der Waals surface area contributed by atoms with Crippen LogP contribution in [0.15, 0.2) is 41.2 Å². The van der Waals surface area contributed by atoms with Gasteiger partial charge in [0, 0.05) is 24.7 Å². The van der Waals surface area contributed by atoms with Crippen molar-refractivity contribution in [2.75, 3.05) is 18.0 Å². The van der Waals surface area contributed by atoms with Crippen molar-refractivity contribution in [3.8, 4) is 11.3 Å². The molecular weight excluding hydrogens is 332 g/mol. The molecule has 1 saturated heterocycles. The lowest BCUT2D eigenvalue weighted by Gasteiger charge is -2.22. The third-order valence-electron chi connectivity index (χ3n) is 4.01. The Kier molecular flexibility index (Phi) is 4.97. The van der Waals surface area contributed by atoms with Gasteiger partial charge in [-0.1, -0.05) is 30.3 Å². The Bertz CT molecular complexity index is 827. The number of hydrogen-bond acceptors (Lipinski definition) is 5. The number of carbonyl (C=O) groups excluding carboxylic acids is 1. The van der Waals surface area contributed by atoms with Crippen LogP contribution in [-0.2, 0) is 4.74 Å². The maximum atomic E-state index is 12.0. The lowest BCUT2D eigenvalue weighted by Crippen LogP contribution is -2.40. The fourth-order valence-corrected chi connectivity index (χ4v) is 2.90. The number of ether oxygens (including phenoxy) is 1. The van der Waals surface area contributed by atoms with E-state index in [2.05, 4.69) is 15.3 Å². The molecule has 138 valence electrons. The summed E-state index contributed by atoms with van der Waals surface area (Å²) in [5, 5.41) is 2.87. The zero-order chi connectivity index (χ0) is 18.7. The minimum atomic E-state index is -0.529. The van der Waals surface area contributed by atoms with Crippen LogP contribution in [0.2, 0.25) is 0 Å². The lowest BCUT2D eigenvalue weighted by atomic mass is 10.1. The highest BCUT2D eigenvalue weighted by molar-refractivity contribution is 5.68. The van der Waals surface area contributed by atoms with Crippen LogP contribution >= 0.6 is 0 Å². The topological polar surface area (TPSA) is 87.3 Å². The van der Waals surface area contributed by atoms with Gasteiger partial charge < -0.3 is 15.0 Å². The Hall–Kier alpha value is -2.83. The number of alkyl carbamates (subject to hydrolysis) is 1. The molecule has 1 amide bonds. The molecule has 2 heterocycles. The maximum Gasteiger partial charge on any atom is 0.407 e. The van der Waals surface area contributed by atoms with E-state index < -0.39 is 11.7 Å². The van der Waals surface area contributed by atoms with E-state index in [1.165, 1.54) is 6.07 Å². The third kappa shape index (κ3) is 4.62. The van der Waals surface area contributed by atoms with Gasteiger partial charge in [-0.25, -0.2) is 9.78 Å². The molecule has 2 N–H and O–H groups in total. The Morgan fingerprint density at radius 3 is 2.73 bits per heavy atom. The molecule has 0 saturated carbocycles. The summed E-state index contributed by atoms with van der Waals surface area (Å²) in [4.78, 5) is 33.3. The number of amides is 1. The van der Waals surface area contributed by atoms with Gasteiger partial charge in [0.05, 0.1) is 11.7 Å². The first-order chi connectivity index (χ1) is 12.3. The van der Waals surface area contributed by atoms with Crippen LogP contribution in [-0.4, -0.2) is 40.8 Å². The first-order valence-corrected chi connectivity index (χ1v) is 8.71. The third-order valence-corrected chi connectivity index (χ3v) is 4.01. The van der Waals surface area contributed by atoms with Gasteiger partial charge in [-0.2, -0.15) is 0 Å². The molecule has 1 aromatic heterocycles. The average Bonchev–Trinajstić information content (AvgIpc) is 3.01. The first-order valence-electron chi connectivity index (χ1n) is 8.71. The Morgan fingerprint density at radius 1 is 1.31 bits per heavy atom. The zero-order valence-corrected chi connectivity index (χ0v) is 15.3. The predicted octanol–water partition coefficient (Wildman–Crippen LogP) is 2.54. The van der Waals surface area contributed by atoms with Crippen LogP contribution < -0.4 is 15.8 Å².